The van der Waals surface area contributed by atoms with Crippen LogP contribution >= 0.6 is 0 Å². The molecule has 3 nitrogen and oxygen atoms in total. The number of hydrogen-bond donors (Lipinski definition) is 1. The predicted octanol–water partition coefficient (Wildman–Crippen LogP) is 1.60. The Labute approximate surface area is 71.1 Å². The van der Waals surface area contributed by atoms with Crippen LogP contribution in [-0.2, 0) is 4.79 Å². The van der Waals surface area contributed by atoms with Crippen molar-refractivity contribution in [3.63, 3.8) is 0 Å². The monoisotopic (exact) mass is 162 g/mol. The topological polar surface area (TPSA) is 42.0 Å². The van der Waals surface area contributed by atoms with Crippen molar-refractivity contribution in [1.29, 1.82) is 0 Å². The molecule has 0 saturated heterocycles. The number of nitrogens with zero attached hydrogens (tertiary/aromatic N) is 1. The molecule has 0 unspecified atom stereocenters. The van der Waals surface area contributed by atoms with Crippen molar-refractivity contribution >= 4 is 11.6 Å². The van der Waals surface area contributed by atoms with E-state index in [1.807, 2.05) is 0 Å². The first kappa shape index (κ1) is 8.46. The fourth-order valence-corrected chi connectivity index (χ4v) is 0.674. The van der Waals surface area contributed by atoms with Crippen LogP contribution in [0.5, 0.6) is 0 Å². The maximum atomic E-state index is 11.1. The molecule has 3 heteroatoms. The third-order valence-corrected chi connectivity index (χ3v) is 1.31. The molecular weight excluding hydrogens is 152 g/mol. The molecule has 12 heavy (non-hydrogen) atoms. The molecule has 0 aliphatic heterocycles. The van der Waals surface area contributed by atoms with E-state index in [9.17, 15) is 4.79 Å². The first-order chi connectivity index (χ1) is 5.70. The van der Waals surface area contributed by atoms with Crippen molar-refractivity contribution in [3.8, 4) is 0 Å². The Morgan fingerprint density at radius 1 is 1.67 bits per heavy atom. The molecule has 0 fully saturated rings. The van der Waals surface area contributed by atoms with Gasteiger partial charge in [0, 0.05) is 11.8 Å². The summed E-state index contributed by atoms with van der Waals surface area (Å²) >= 11 is 0. The van der Waals surface area contributed by atoms with Crippen LogP contribution in [-0.4, -0.2) is 10.9 Å². The Balaban J connectivity index is 2.65. The lowest BCUT2D eigenvalue weighted by atomic mass is 10.3. The molecule has 1 aromatic rings. The number of anilines is 1. The van der Waals surface area contributed by atoms with Crippen molar-refractivity contribution < 1.29 is 4.79 Å². The zero-order valence-corrected chi connectivity index (χ0v) is 6.87. The van der Waals surface area contributed by atoms with Gasteiger partial charge in [-0.2, -0.15) is 0 Å². The van der Waals surface area contributed by atoms with Crippen LogP contribution in [0.4, 0.5) is 5.69 Å². The summed E-state index contributed by atoms with van der Waals surface area (Å²) in [6, 6.07) is 3.53. The molecule has 0 bridgehead atoms. The summed E-state index contributed by atoms with van der Waals surface area (Å²) in [6.45, 7) is 5.18. The van der Waals surface area contributed by atoms with E-state index >= 15 is 0 Å². The molecule has 1 amide bonds. The van der Waals surface area contributed by atoms with Crippen molar-refractivity contribution in [2.24, 2.45) is 0 Å². The average Bonchev–Trinajstić information content (AvgIpc) is 2.06. The van der Waals surface area contributed by atoms with E-state index in [1.54, 1.807) is 31.5 Å². The van der Waals surface area contributed by atoms with Crippen LogP contribution in [0.1, 0.15) is 6.92 Å². The maximum Gasteiger partial charge on any atom is 0.250 e. The van der Waals surface area contributed by atoms with Crippen LogP contribution in [0.15, 0.2) is 36.7 Å². The number of nitrogens with one attached hydrogen (secondary N) is 1. The van der Waals surface area contributed by atoms with E-state index in [1.165, 1.54) is 0 Å². The van der Waals surface area contributed by atoms with Gasteiger partial charge in [0.2, 0.25) is 0 Å². The molecule has 0 saturated carbocycles. The first-order valence-corrected chi connectivity index (χ1v) is 3.57. The van der Waals surface area contributed by atoms with Gasteiger partial charge in [0.1, 0.15) is 0 Å². The lowest BCUT2D eigenvalue weighted by molar-refractivity contribution is -0.112. The summed E-state index contributed by atoms with van der Waals surface area (Å²) in [7, 11) is 0. The highest BCUT2D eigenvalue weighted by Crippen LogP contribution is 2.03. The highest BCUT2D eigenvalue weighted by Gasteiger charge is 2.00. The van der Waals surface area contributed by atoms with Gasteiger partial charge in [0.25, 0.3) is 5.91 Å². The van der Waals surface area contributed by atoms with Gasteiger partial charge in [-0.3, -0.25) is 9.78 Å². The number of amides is 1. The quantitative estimate of drug-likeness (QED) is 0.671. The minimum Gasteiger partial charge on any atom is -0.321 e. The molecule has 0 spiro atoms. The SMILES string of the molecule is C=C(C)C(=O)Nc1cccnc1. The molecule has 62 valence electrons. The van der Waals surface area contributed by atoms with Gasteiger partial charge in [-0.15, -0.1) is 0 Å². The third kappa shape index (κ3) is 2.20. The number of carbonyl (C=O) groups excluding carboxylic acids is 1. The van der Waals surface area contributed by atoms with Gasteiger partial charge in [-0.05, 0) is 19.1 Å². The summed E-state index contributed by atoms with van der Waals surface area (Å²) in [5, 5.41) is 2.64. The minimum absolute atomic E-state index is 0.178. The van der Waals surface area contributed by atoms with Crippen LogP contribution < -0.4 is 5.32 Å². The Morgan fingerprint density at radius 3 is 2.92 bits per heavy atom. The largest absolute Gasteiger partial charge is 0.321 e. The number of rotatable bonds is 2. The summed E-state index contributed by atoms with van der Waals surface area (Å²) in [6.07, 6.45) is 3.23. The molecule has 1 heterocycles. The highest BCUT2D eigenvalue weighted by atomic mass is 16.1. The van der Waals surface area contributed by atoms with E-state index in [4.69, 9.17) is 0 Å². The highest BCUT2D eigenvalue weighted by molar-refractivity contribution is 6.02. The standard InChI is InChI=1S/C9H10N2O/c1-7(2)9(12)11-8-4-3-5-10-6-8/h3-6H,1H2,2H3,(H,11,12). The fourth-order valence-electron chi connectivity index (χ4n) is 0.674. The predicted molar refractivity (Wildman–Crippen MR) is 47.7 cm³/mol. The van der Waals surface area contributed by atoms with Gasteiger partial charge in [0.05, 0.1) is 11.9 Å². The van der Waals surface area contributed by atoms with Gasteiger partial charge in [-0.1, -0.05) is 6.58 Å². The third-order valence-electron chi connectivity index (χ3n) is 1.31. The molecule has 1 rings (SSSR count). The molecule has 0 aromatic carbocycles. The Hall–Kier alpha value is -1.64. The number of aromatic nitrogens is 1. The zero-order chi connectivity index (χ0) is 8.97. The normalized spacial score (nSPS) is 9.08. The molecular formula is C9H10N2O. The van der Waals surface area contributed by atoms with Crippen molar-refractivity contribution in [2.75, 3.05) is 5.32 Å². The number of pyridine rings is 1. The summed E-state index contributed by atoms with van der Waals surface area (Å²) in [4.78, 5) is 14.9. The lowest BCUT2D eigenvalue weighted by Gasteiger charge is -2.02. The van der Waals surface area contributed by atoms with Gasteiger partial charge >= 0.3 is 0 Å². The van der Waals surface area contributed by atoms with Crippen LogP contribution in [0.3, 0.4) is 0 Å². The van der Waals surface area contributed by atoms with E-state index < -0.39 is 0 Å². The second-order valence-electron chi connectivity index (χ2n) is 2.48. The van der Waals surface area contributed by atoms with Crippen LogP contribution in [0.25, 0.3) is 0 Å². The van der Waals surface area contributed by atoms with Crippen LogP contribution in [0.2, 0.25) is 0 Å². The van der Waals surface area contributed by atoms with Gasteiger partial charge in [-0.25, -0.2) is 0 Å². The van der Waals surface area contributed by atoms with E-state index in [2.05, 4.69) is 16.9 Å². The molecule has 0 atom stereocenters. The van der Waals surface area contributed by atoms with Gasteiger partial charge < -0.3 is 5.32 Å². The molecule has 0 aliphatic carbocycles. The summed E-state index contributed by atoms with van der Waals surface area (Å²) in [5.74, 6) is -0.178. The van der Waals surface area contributed by atoms with E-state index in [0.717, 1.165) is 0 Å². The molecule has 0 aliphatic rings. The number of hydrogen-bond acceptors (Lipinski definition) is 2. The van der Waals surface area contributed by atoms with Crippen molar-refractivity contribution in [2.45, 2.75) is 6.92 Å². The second-order valence-corrected chi connectivity index (χ2v) is 2.48. The first-order valence-electron chi connectivity index (χ1n) is 3.57. The Morgan fingerprint density at radius 2 is 2.42 bits per heavy atom. The summed E-state index contributed by atoms with van der Waals surface area (Å²) < 4.78 is 0. The summed E-state index contributed by atoms with van der Waals surface area (Å²) in [5.41, 5.74) is 1.17. The number of carbonyl (C=O) groups is 1. The maximum absolute atomic E-state index is 11.1. The van der Waals surface area contributed by atoms with Crippen LogP contribution in [0, 0.1) is 0 Å². The molecule has 0 radical (unpaired) electrons. The van der Waals surface area contributed by atoms with E-state index in [-0.39, 0.29) is 5.91 Å². The lowest BCUT2D eigenvalue weighted by Crippen LogP contribution is -2.11. The second kappa shape index (κ2) is 3.67. The molecule has 1 aromatic heterocycles. The van der Waals surface area contributed by atoms with Crippen molar-refractivity contribution in [1.82, 2.24) is 4.98 Å². The fraction of sp³-hybridized carbons (Fsp3) is 0.111. The zero-order valence-electron chi connectivity index (χ0n) is 6.87. The smallest absolute Gasteiger partial charge is 0.250 e. The minimum atomic E-state index is -0.178. The van der Waals surface area contributed by atoms with Gasteiger partial charge in [0.15, 0.2) is 0 Å². The Kier molecular flexibility index (Phi) is 2.58. The van der Waals surface area contributed by atoms with E-state index in [0.29, 0.717) is 11.3 Å². The van der Waals surface area contributed by atoms with Crippen molar-refractivity contribution in [3.05, 3.63) is 36.7 Å². The Bertz CT molecular complexity index is 293. The molecule has 1 N–H and O–H groups in total. The average molecular weight is 162 g/mol.